The average molecular weight is 286 g/mol. The van der Waals surface area contributed by atoms with Crippen LogP contribution in [0.25, 0.3) is 0 Å². The van der Waals surface area contributed by atoms with E-state index in [0.717, 1.165) is 19.4 Å². The first-order valence-electron chi connectivity index (χ1n) is 6.39. The molecule has 0 unspecified atom stereocenters. The number of esters is 1. The number of nitrogens with two attached hydrogens (primary N) is 1. The lowest BCUT2D eigenvalue weighted by Gasteiger charge is -2.14. The SMILES string of the molecule is CCCCNc1nc(C)c(C(=O)OCC)c(Cl)c1N. The Morgan fingerprint density at radius 2 is 2.16 bits per heavy atom. The second-order valence-electron chi connectivity index (χ2n) is 4.15. The normalized spacial score (nSPS) is 10.3. The van der Waals surface area contributed by atoms with E-state index in [2.05, 4.69) is 17.2 Å². The van der Waals surface area contributed by atoms with Crippen LogP contribution in [-0.4, -0.2) is 24.1 Å². The van der Waals surface area contributed by atoms with E-state index in [4.69, 9.17) is 22.1 Å². The maximum atomic E-state index is 11.8. The number of anilines is 2. The Hall–Kier alpha value is -1.49. The average Bonchev–Trinajstić information content (AvgIpc) is 2.36. The highest BCUT2D eigenvalue weighted by Gasteiger charge is 2.20. The van der Waals surface area contributed by atoms with Crippen molar-refractivity contribution in [3.8, 4) is 0 Å². The Balaban J connectivity index is 3.05. The molecule has 1 heterocycles. The van der Waals surface area contributed by atoms with Gasteiger partial charge in [0.15, 0.2) is 5.82 Å². The Kier molecular flexibility index (Phi) is 5.89. The topological polar surface area (TPSA) is 77.2 Å². The van der Waals surface area contributed by atoms with Gasteiger partial charge in [0.1, 0.15) is 5.56 Å². The molecule has 0 aliphatic heterocycles. The molecule has 0 aliphatic rings. The first kappa shape index (κ1) is 15.6. The number of carbonyl (C=O) groups is 1. The zero-order chi connectivity index (χ0) is 14.4. The minimum atomic E-state index is -0.496. The molecule has 0 aromatic carbocycles. The molecule has 0 radical (unpaired) electrons. The van der Waals surface area contributed by atoms with Crippen LogP contribution in [-0.2, 0) is 4.74 Å². The van der Waals surface area contributed by atoms with Gasteiger partial charge in [0.25, 0.3) is 0 Å². The number of halogens is 1. The van der Waals surface area contributed by atoms with Gasteiger partial charge >= 0.3 is 5.97 Å². The standard InChI is InChI=1S/C13H20ClN3O2/c1-4-6-7-16-12-11(15)10(14)9(8(3)17-12)13(18)19-5-2/h4-7,15H2,1-3H3,(H,16,17). The number of carbonyl (C=O) groups excluding carboxylic acids is 1. The lowest BCUT2D eigenvalue weighted by atomic mass is 10.2. The van der Waals surface area contributed by atoms with Crippen molar-refractivity contribution in [3.05, 3.63) is 16.3 Å². The van der Waals surface area contributed by atoms with Gasteiger partial charge < -0.3 is 15.8 Å². The number of aromatic nitrogens is 1. The Morgan fingerprint density at radius 3 is 2.74 bits per heavy atom. The highest BCUT2D eigenvalue weighted by molar-refractivity contribution is 6.36. The van der Waals surface area contributed by atoms with Gasteiger partial charge in [0, 0.05) is 6.54 Å². The molecule has 3 N–H and O–H groups in total. The van der Waals surface area contributed by atoms with Crippen LogP contribution in [0.5, 0.6) is 0 Å². The Labute approximate surface area is 118 Å². The van der Waals surface area contributed by atoms with Gasteiger partial charge in [-0.2, -0.15) is 0 Å². The minimum Gasteiger partial charge on any atom is -0.462 e. The third-order valence-electron chi connectivity index (χ3n) is 2.65. The van der Waals surface area contributed by atoms with Gasteiger partial charge in [-0.05, 0) is 20.3 Å². The molecule has 106 valence electrons. The quantitative estimate of drug-likeness (QED) is 0.620. The van der Waals surface area contributed by atoms with Crippen molar-refractivity contribution in [1.82, 2.24) is 4.98 Å². The number of aryl methyl sites for hydroxylation is 1. The van der Waals surface area contributed by atoms with Crippen LogP contribution in [0.4, 0.5) is 11.5 Å². The third-order valence-corrected chi connectivity index (χ3v) is 3.05. The van der Waals surface area contributed by atoms with Crippen LogP contribution >= 0.6 is 11.6 Å². The number of hydrogen-bond donors (Lipinski definition) is 2. The summed E-state index contributed by atoms with van der Waals surface area (Å²) in [4.78, 5) is 16.1. The third kappa shape index (κ3) is 3.73. The molecule has 1 aromatic rings. The molecule has 0 aliphatic carbocycles. The summed E-state index contributed by atoms with van der Waals surface area (Å²) in [6.45, 7) is 6.59. The van der Waals surface area contributed by atoms with Crippen molar-refractivity contribution in [2.75, 3.05) is 24.2 Å². The summed E-state index contributed by atoms with van der Waals surface area (Å²) in [5, 5.41) is 3.32. The summed E-state index contributed by atoms with van der Waals surface area (Å²) < 4.78 is 4.94. The van der Waals surface area contributed by atoms with E-state index < -0.39 is 5.97 Å². The van der Waals surface area contributed by atoms with Crippen molar-refractivity contribution in [2.24, 2.45) is 0 Å². The predicted octanol–water partition coefficient (Wildman–Crippen LogP) is 3.01. The monoisotopic (exact) mass is 285 g/mol. The van der Waals surface area contributed by atoms with Gasteiger partial charge in [0.2, 0.25) is 0 Å². The molecule has 19 heavy (non-hydrogen) atoms. The van der Waals surface area contributed by atoms with E-state index in [-0.39, 0.29) is 22.9 Å². The van der Waals surface area contributed by atoms with Crippen molar-refractivity contribution in [1.29, 1.82) is 0 Å². The highest BCUT2D eigenvalue weighted by atomic mass is 35.5. The van der Waals surface area contributed by atoms with Crippen LogP contribution in [0.1, 0.15) is 42.7 Å². The fraction of sp³-hybridized carbons (Fsp3) is 0.538. The molecule has 0 atom stereocenters. The van der Waals surface area contributed by atoms with E-state index in [1.807, 2.05) is 0 Å². The molecule has 5 nitrogen and oxygen atoms in total. The molecule has 0 amide bonds. The lowest BCUT2D eigenvalue weighted by molar-refractivity contribution is 0.0525. The number of pyridine rings is 1. The maximum absolute atomic E-state index is 11.8. The van der Waals surface area contributed by atoms with Gasteiger partial charge in [-0.25, -0.2) is 9.78 Å². The summed E-state index contributed by atoms with van der Waals surface area (Å²) in [5.41, 5.74) is 6.94. The van der Waals surface area contributed by atoms with Crippen molar-refractivity contribution >= 4 is 29.1 Å². The fourth-order valence-electron chi connectivity index (χ4n) is 1.64. The van der Waals surface area contributed by atoms with Gasteiger partial charge in [-0.3, -0.25) is 0 Å². The van der Waals surface area contributed by atoms with Crippen LogP contribution in [0.15, 0.2) is 0 Å². The Morgan fingerprint density at radius 1 is 1.47 bits per heavy atom. The summed E-state index contributed by atoms with van der Waals surface area (Å²) in [6.07, 6.45) is 2.08. The van der Waals surface area contributed by atoms with Gasteiger partial charge in [-0.1, -0.05) is 24.9 Å². The van der Waals surface area contributed by atoms with Crippen LogP contribution in [0.3, 0.4) is 0 Å². The summed E-state index contributed by atoms with van der Waals surface area (Å²) in [6, 6.07) is 0. The number of nitrogens with one attached hydrogen (secondary N) is 1. The molecule has 1 rings (SSSR count). The van der Waals surface area contributed by atoms with E-state index in [9.17, 15) is 4.79 Å². The summed E-state index contributed by atoms with van der Waals surface area (Å²) in [7, 11) is 0. The molecule has 6 heteroatoms. The smallest absolute Gasteiger partial charge is 0.341 e. The molecule has 0 saturated heterocycles. The van der Waals surface area contributed by atoms with Gasteiger partial charge in [0.05, 0.1) is 23.0 Å². The van der Waals surface area contributed by atoms with Crippen molar-refractivity contribution < 1.29 is 9.53 Å². The van der Waals surface area contributed by atoms with E-state index in [1.165, 1.54) is 0 Å². The Bertz CT molecular complexity index is 464. The first-order chi connectivity index (χ1) is 9.02. The van der Waals surface area contributed by atoms with Gasteiger partial charge in [-0.15, -0.1) is 0 Å². The number of ether oxygens (including phenoxy) is 1. The number of rotatable bonds is 6. The molecule has 0 spiro atoms. The van der Waals surface area contributed by atoms with E-state index >= 15 is 0 Å². The fourth-order valence-corrected chi connectivity index (χ4v) is 1.94. The maximum Gasteiger partial charge on any atom is 0.341 e. The molecular weight excluding hydrogens is 266 g/mol. The van der Waals surface area contributed by atoms with Crippen molar-refractivity contribution in [3.63, 3.8) is 0 Å². The van der Waals surface area contributed by atoms with E-state index in [1.54, 1.807) is 13.8 Å². The van der Waals surface area contributed by atoms with Crippen LogP contribution < -0.4 is 11.1 Å². The lowest BCUT2D eigenvalue weighted by Crippen LogP contribution is -2.13. The minimum absolute atomic E-state index is 0.199. The largest absolute Gasteiger partial charge is 0.462 e. The number of hydrogen-bond acceptors (Lipinski definition) is 5. The molecule has 0 saturated carbocycles. The number of nitrogens with zero attached hydrogens (tertiary/aromatic N) is 1. The summed E-state index contributed by atoms with van der Waals surface area (Å²) in [5.74, 6) is 0.0216. The first-order valence-corrected chi connectivity index (χ1v) is 6.77. The molecule has 1 aromatic heterocycles. The zero-order valence-electron chi connectivity index (χ0n) is 11.5. The zero-order valence-corrected chi connectivity index (χ0v) is 12.3. The molecular formula is C13H20ClN3O2. The van der Waals surface area contributed by atoms with Crippen LogP contribution in [0, 0.1) is 6.92 Å². The highest BCUT2D eigenvalue weighted by Crippen LogP contribution is 2.31. The second kappa shape index (κ2) is 7.19. The predicted molar refractivity (Wildman–Crippen MR) is 77.8 cm³/mol. The van der Waals surface area contributed by atoms with Crippen molar-refractivity contribution in [2.45, 2.75) is 33.6 Å². The second-order valence-corrected chi connectivity index (χ2v) is 4.53. The van der Waals surface area contributed by atoms with E-state index in [0.29, 0.717) is 11.5 Å². The number of unbranched alkanes of at least 4 members (excludes halogenated alkanes) is 1. The van der Waals surface area contributed by atoms with Crippen LogP contribution in [0.2, 0.25) is 5.02 Å². The number of nitrogen functional groups attached to an aromatic ring is 1. The molecule has 0 fully saturated rings. The molecule has 0 bridgehead atoms. The summed E-state index contributed by atoms with van der Waals surface area (Å²) >= 11 is 6.14.